The number of rotatable bonds is 1. The quantitative estimate of drug-likeness (QED) is 0.415. The SMILES string of the molecule is CCC1(C#C[Si](C)(C)C)CC1. The Morgan fingerprint density at radius 2 is 1.82 bits per heavy atom. The summed E-state index contributed by atoms with van der Waals surface area (Å²) in [5.41, 5.74) is 3.94. The van der Waals surface area contributed by atoms with Crippen LogP contribution in [0.1, 0.15) is 26.2 Å². The summed E-state index contributed by atoms with van der Waals surface area (Å²) >= 11 is 0. The normalized spacial score (nSPS) is 20.4. The molecular formula is C10H18Si. The summed E-state index contributed by atoms with van der Waals surface area (Å²) in [7, 11) is -1.10. The zero-order valence-electron chi connectivity index (χ0n) is 8.12. The maximum atomic E-state index is 3.47. The van der Waals surface area contributed by atoms with Crippen LogP contribution in [0.5, 0.6) is 0 Å². The largest absolute Gasteiger partial charge is 0.131 e. The van der Waals surface area contributed by atoms with Gasteiger partial charge in [0.25, 0.3) is 0 Å². The first-order valence-electron chi connectivity index (χ1n) is 4.52. The van der Waals surface area contributed by atoms with E-state index in [4.69, 9.17) is 0 Å². The Bertz CT molecular complexity index is 195. The lowest BCUT2D eigenvalue weighted by Gasteiger charge is -2.06. The second-order valence-electron chi connectivity index (χ2n) is 4.63. The average Bonchev–Trinajstić information content (AvgIpc) is 2.63. The van der Waals surface area contributed by atoms with Crippen LogP contribution < -0.4 is 0 Å². The van der Waals surface area contributed by atoms with E-state index in [2.05, 4.69) is 38.0 Å². The third-order valence-corrected chi connectivity index (χ3v) is 3.11. The molecule has 1 aliphatic carbocycles. The van der Waals surface area contributed by atoms with Gasteiger partial charge in [-0.2, -0.15) is 0 Å². The minimum atomic E-state index is -1.10. The summed E-state index contributed by atoms with van der Waals surface area (Å²) in [6.07, 6.45) is 3.95. The minimum absolute atomic E-state index is 0.472. The van der Waals surface area contributed by atoms with Crippen molar-refractivity contribution in [2.75, 3.05) is 0 Å². The Balaban J connectivity index is 2.57. The van der Waals surface area contributed by atoms with Crippen LogP contribution in [0.25, 0.3) is 0 Å². The fraction of sp³-hybridized carbons (Fsp3) is 0.800. The fourth-order valence-corrected chi connectivity index (χ4v) is 1.68. The summed E-state index contributed by atoms with van der Waals surface area (Å²) < 4.78 is 0. The maximum absolute atomic E-state index is 3.47. The molecule has 0 radical (unpaired) electrons. The molecule has 0 atom stereocenters. The van der Waals surface area contributed by atoms with Crippen LogP contribution in [-0.4, -0.2) is 8.07 Å². The molecule has 0 aromatic heterocycles. The average molecular weight is 166 g/mol. The van der Waals surface area contributed by atoms with Crippen molar-refractivity contribution in [3.05, 3.63) is 0 Å². The van der Waals surface area contributed by atoms with Crippen molar-refractivity contribution in [3.63, 3.8) is 0 Å². The molecular weight excluding hydrogens is 148 g/mol. The maximum Gasteiger partial charge on any atom is 0.129 e. The molecule has 1 heteroatoms. The van der Waals surface area contributed by atoms with E-state index < -0.39 is 8.07 Å². The molecule has 0 bridgehead atoms. The smallest absolute Gasteiger partial charge is 0.129 e. The molecule has 1 rings (SSSR count). The van der Waals surface area contributed by atoms with Crippen LogP contribution >= 0.6 is 0 Å². The lowest BCUT2D eigenvalue weighted by Crippen LogP contribution is -2.17. The summed E-state index contributed by atoms with van der Waals surface area (Å²) in [5, 5.41) is 0. The molecule has 0 spiro atoms. The van der Waals surface area contributed by atoms with E-state index in [1.54, 1.807) is 0 Å². The minimum Gasteiger partial charge on any atom is -0.131 e. The van der Waals surface area contributed by atoms with Gasteiger partial charge < -0.3 is 0 Å². The molecule has 62 valence electrons. The van der Waals surface area contributed by atoms with Crippen molar-refractivity contribution < 1.29 is 0 Å². The van der Waals surface area contributed by atoms with Crippen LogP contribution in [-0.2, 0) is 0 Å². The summed E-state index contributed by atoms with van der Waals surface area (Å²) in [5.74, 6) is 3.47. The Kier molecular flexibility index (Phi) is 2.16. The van der Waals surface area contributed by atoms with E-state index in [0.717, 1.165) is 0 Å². The van der Waals surface area contributed by atoms with E-state index in [-0.39, 0.29) is 0 Å². The summed E-state index contributed by atoms with van der Waals surface area (Å²) in [6.45, 7) is 9.19. The molecule has 1 saturated carbocycles. The fourth-order valence-electron chi connectivity index (χ4n) is 1.04. The van der Waals surface area contributed by atoms with Gasteiger partial charge in [0, 0.05) is 5.41 Å². The monoisotopic (exact) mass is 166 g/mol. The highest BCUT2D eigenvalue weighted by atomic mass is 28.3. The summed E-state index contributed by atoms with van der Waals surface area (Å²) in [4.78, 5) is 0. The van der Waals surface area contributed by atoms with Crippen molar-refractivity contribution >= 4 is 8.07 Å². The van der Waals surface area contributed by atoms with Crippen molar-refractivity contribution in [1.29, 1.82) is 0 Å². The van der Waals surface area contributed by atoms with Crippen LogP contribution in [0, 0.1) is 16.9 Å². The Labute approximate surface area is 71.4 Å². The zero-order valence-corrected chi connectivity index (χ0v) is 9.12. The van der Waals surface area contributed by atoms with Gasteiger partial charge in [-0.3, -0.25) is 0 Å². The molecule has 0 saturated heterocycles. The third-order valence-electron chi connectivity index (χ3n) is 2.23. The van der Waals surface area contributed by atoms with Gasteiger partial charge in [0.15, 0.2) is 0 Å². The van der Waals surface area contributed by atoms with Crippen molar-refractivity contribution in [2.45, 2.75) is 45.8 Å². The van der Waals surface area contributed by atoms with Gasteiger partial charge in [0.2, 0.25) is 0 Å². The van der Waals surface area contributed by atoms with Gasteiger partial charge in [0.1, 0.15) is 8.07 Å². The topological polar surface area (TPSA) is 0 Å². The Morgan fingerprint density at radius 1 is 1.27 bits per heavy atom. The van der Waals surface area contributed by atoms with Crippen LogP contribution in [0.15, 0.2) is 0 Å². The van der Waals surface area contributed by atoms with Gasteiger partial charge in [-0.05, 0) is 19.3 Å². The van der Waals surface area contributed by atoms with Crippen molar-refractivity contribution in [2.24, 2.45) is 5.41 Å². The molecule has 1 fully saturated rings. The van der Waals surface area contributed by atoms with Crippen LogP contribution in [0.4, 0.5) is 0 Å². The predicted molar refractivity (Wildman–Crippen MR) is 53.1 cm³/mol. The molecule has 11 heavy (non-hydrogen) atoms. The van der Waals surface area contributed by atoms with E-state index in [9.17, 15) is 0 Å². The lowest BCUT2D eigenvalue weighted by molar-refractivity contribution is 0.651. The lowest BCUT2D eigenvalue weighted by atomic mass is 10.1. The van der Waals surface area contributed by atoms with Gasteiger partial charge >= 0.3 is 0 Å². The number of hydrogen-bond acceptors (Lipinski definition) is 0. The first-order chi connectivity index (χ1) is 4.97. The molecule has 1 aliphatic rings. The first kappa shape index (κ1) is 8.87. The van der Waals surface area contributed by atoms with Gasteiger partial charge in [0.05, 0.1) is 0 Å². The van der Waals surface area contributed by atoms with E-state index >= 15 is 0 Å². The Morgan fingerprint density at radius 3 is 2.09 bits per heavy atom. The molecule has 0 unspecified atom stereocenters. The van der Waals surface area contributed by atoms with Crippen LogP contribution in [0.3, 0.4) is 0 Å². The molecule has 0 aliphatic heterocycles. The standard InChI is InChI=1S/C10H18Si/c1-5-10(6-7-10)8-9-11(2,3)4/h5-7H2,1-4H3. The van der Waals surface area contributed by atoms with Gasteiger partial charge in [-0.15, -0.1) is 11.5 Å². The van der Waals surface area contributed by atoms with Crippen molar-refractivity contribution in [3.8, 4) is 11.5 Å². The number of hydrogen-bond donors (Lipinski definition) is 0. The molecule has 0 amide bonds. The molecule has 0 N–H and O–H groups in total. The zero-order chi connectivity index (χ0) is 8.54. The van der Waals surface area contributed by atoms with E-state index in [1.165, 1.54) is 19.3 Å². The van der Waals surface area contributed by atoms with Crippen molar-refractivity contribution in [1.82, 2.24) is 0 Å². The second-order valence-corrected chi connectivity index (χ2v) is 9.38. The predicted octanol–water partition coefficient (Wildman–Crippen LogP) is 3.06. The highest BCUT2D eigenvalue weighted by molar-refractivity contribution is 6.83. The van der Waals surface area contributed by atoms with Gasteiger partial charge in [-0.25, -0.2) is 0 Å². The molecule has 0 nitrogen and oxygen atoms in total. The Hall–Kier alpha value is -0.223. The third kappa shape index (κ3) is 2.71. The van der Waals surface area contributed by atoms with E-state index in [1.807, 2.05) is 0 Å². The molecule has 0 aromatic rings. The molecule has 0 heterocycles. The highest BCUT2D eigenvalue weighted by Gasteiger charge is 2.38. The second kappa shape index (κ2) is 2.68. The van der Waals surface area contributed by atoms with Gasteiger partial charge in [-0.1, -0.05) is 26.6 Å². The summed E-state index contributed by atoms with van der Waals surface area (Å²) in [6, 6.07) is 0. The molecule has 0 aromatic carbocycles. The first-order valence-corrected chi connectivity index (χ1v) is 8.02. The van der Waals surface area contributed by atoms with Crippen LogP contribution in [0.2, 0.25) is 19.6 Å². The highest BCUT2D eigenvalue weighted by Crippen LogP contribution is 2.47. The van der Waals surface area contributed by atoms with E-state index in [0.29, 0.717) is 5.41 Å².